The summed E-state index contributed by atoms with van der Waals surface area (Å²) in [4.78, 5) is 22.0. The van der Waals surface area contributed by atoms with Crippen LogP contribution in [0.2, 0.25) is 0 Å². The van der Waals surface area contributed by atoms with Gasteiger partial charge < -0.3 is 16.2 Å². The minimum atomic E-state index is -1.05. The van der Waals surface area contributed by atoms with E-state index in [0.717, 1.165) is 0 Å². The predicted octanol–water partition coefficient (Wildman–Crippen LogP) is 1.43. The van der Waals surface area contributed by atoms with Crippen LogP contribution >= 0.6 is 15.9 Å². The zero-order chi connectivity index (χ0) is 12.1. The lowest BCUT2D eigenvalue weighted by Gasteiger charge is -2.06. The van der Waals surface area contributed by atoms with Crippen LogP contribution in [0.4, 0.5) is 5.69 Å². The molecule has 0 spiro atoms. The molecule has 0 radical (unpaired) electrons. The first-order chi connectivity index (χ1) is 7.52. The molecule has 16 heavy (non-hydrogen) atoms. The summed E-state index contributed by atoms with van der Waals surface area (Å²) in [5.41, 5.74) is 5.77. The van der Waals surface area contributed by atoms with Crippen molar-refractivity contribution in [2.75, 3.05) is 11.9 Å². The van der Waals surface area contributed by atoms with Crippen molar-refractivity contribution in [3.05, 3.63) is 28.2 Å². The van der Waals surface area contributed by atoms with E-state index < -0.39 is 5.97 Å². The Bertz CT molecular complexity index is 421. The highest BCUT2D eigenvalue weighted by Crippen LogP contribution is 2.19. The van der Waals surface area contributed by atoms with Gasteiger partial charge >= 0.3 is 5.97 Å². The summed E-state index contributed by atoms with van der Waals surface area (Å²) < 4.78 is 0.593. The van der Waals surface area contributed by atoms with Crippen LogP contribution in [0, 0.1) is 0 Å². The number of halogens is 1. The fourth-order valence-corrected chi connectivity index (χ4v) is 1.63. The van der Waals surface area contributed by atoms with Gasteiger partial charge in [-0.1, -0.05) is 15.9 Å². The van der Waals surface area contributed by atoms with Crippen molar-refractivity contribution in [2.24, 2.45) is 5.73 Å². The molecule has 5 nitrogen and oxygen atoms in total. The van der Waals surface area contributed by atoms with Gasteiger partial charge in [-0.05, 0) is 18.2 Å². The first kappa shape index (κ1) is 12.7. The second-order valence-corrected chi connectivity index (χ2v) is 4.04. The monoisotopic (exact) mass is 286 g/mol. The number of anilines is 1. The molecule has 6 heteroatoms. The zero-order valence-electron chi connectivity index (χ0n) is 8.37. The molecule has 1 aromatic rings. The van der Waals surface area contributed by atoms with Gasteiger partial charge in [0.1, 0.15) is 0 Å². The van der Waals surface area contributed by atoms with E-state index in [1.54, 1.807) is 6.07 Å². The highest BCUT2D eigenvalue weighted by atomic mass is 79.9. The number of carboxylic acids is 1. The largest absolute Gasteiger partial charge is 0.478 e. The number of carbonyl (C=O) groups is 2. The predicted molar refractivity (Wildman–Crippen MR) is 63.4 cm³/mol. The van der Waals surface area contributed by atoms with Crippen molar-refractivity contribution in [1.82, 2.24) is 0 Å². The summed E-state index contributed by atoms with van der Waals surface area (Å²) in [7, 11) is 0. The van der Waals surface area contributed by atoms with Crippen LogP contribution in [0.3, 0.4) is 0 Å². The lowest BCUT2D eigenvalue weighted by atomic mass is 10.2. The number of carboxylic acid groups (broad SMARTS) is 1. The van der Waals surface area contributed by atoms with Gasteiger partial charge in [0.25, 0.3) is 0 Å². The van der Waals surface area contributed by atoms with Gasteiger partial charge in [0, 0.05) is 23.1 Å². The molecule has 0 fully saturated rings. The van der Waals surface area contributed by atoms with E-state index in [1.165, 1.54) is 12.1 Å². The van der Waals surface area contributed by atoms with E-state index in [9.17, 15) is 9.59 Å². The number of hydrogen-bond donors (Lipinski definition) is 3. The number of benzene rings is 1. The first-order valence-corrected chi connectivity index (χ1v) is 5.36. The van der Waals surface area contributed by atoms with E-state index in [-0.39, 0.29) is 24.4 Å². The van der Waals surface area contributed by atoms with Crippen LogP contribution in [0.1, 0.15) is 16.8 Å². The van der Waals surface area contributed by atoms with Gasteiger partial charge in [0.15, 0.2) is 0 Å². The number of nitrogens with one attached hydrogen (secondary N) is 1. The number of carbonyl (C=O) groups excluding carboxylic acids is 1. The van der Waals surface area contributed by atoms with Gasteiger partial charge in [-0.3, -0.25) is 4.79 Å². The number of hydrogen-bond acceptors (Lipinski definition) is 3. The van der Waals surface area contributed by atoms with Gasteiger partial charge in [-0.2, -0.15) is 0 Å². The summed E-state index contributed by atoms with van der Waals surface area (Å²) >= 11 is 3.17. The van der Waals surface area contributed by atoms with Crippen molar-refractivity contribution in [1.29, 1.82) is 0 Å². The Labute approximate surface area is 101 Å². The average Bonchev–Trinajstić information content (AvgIpc) is 2.16. The molecule has 0 aliphatic carbocycles. The van der Waals surface area contributed by atoms with Crippen molar-refractivity contribution in [3.8, 4) is 0 Å². The minimum absolute atomic E-state index is 0.109. The maximum absolute atomic E-state index is 11.3. The van der Waals surface area contributed by atoms with Crippen LogP contribution in [0.15, 0.2) is 22.7 Å². The SMILES string of the molecule is NCCC(=O)Nc1cc(Br)cc(C(=O)O)c1. The molecule has 1 amide bonds. The Morgan fingerprint density at radius 2 is 2.06 bits per heavy atom. The molecule has 4 N–H and O–H groups in total. The third-order valence-electron chi connectivity index (χ3n) is 1.80. The molecule has 0 bridgehead atoms. The van der Waals surface area contributed by atoms with Gasteiger partial charge in [0.2, 0.25) is 5.91 Å². The molecule has 0 atom stereocenters. The summed E-state index contributed by atoms with van der Waals surface area (Å²) in [5.74, 6) is -1.28. The molecular formula is C10H11BrN2O3. The summed E-state index contributed by atoms with van der Waals surface area (Å²) in [6.45, 7) is 0.256. The number of nitrogens with two attached hydrogens (primary N) is 1. The second-order valence-electron chi connectivity index (χ2n) is 3.12. The molecule has 0 unspecified atom stereocenters. The lowest BCUT2D eigenvalue weighted by molar-refractivity contribution is -0.116. The average molecular weight is 287 g/mol. The number of aromatic carboxylic acids is 1. The molecule has 1 aromatic carbocycles. The third kappa shape index (κ3) is 3.63. The maximum Gasteiger partial charge on any atom is 0.335 e. The quantitative estimate of drug-likeness (QED) is 0.781. The fraction of sp³-hybridized carbons (Fsp3) is 0.200. The van der Waals surface area contributed by atoms with Crippen molar-refractivity contribution >= 4 is 33.5 Å². The standard InChI is InChI=1S/C10H11BrN2O3/c11-7-3-6(10(15)16)4-8(5-7)13-9(14)1-2-12/h3-5H,1-2,12H2,(H,13,14)(H,15,16). The Kier molecular flexibility index (Phi) is 4.45. The van der Waals surface area contributed by atoms with Crippen LogP contribution in [0.5, 0.6) is 0 Å². The van der Waals surface area contributed by atoms with Crippen molar-refractivity contribution in [3.63, 3.8) is 0 Å². The topological polar surface area (TPSA) is 92.4 Å². The molecule has 1 rings (SSSR count). The second kappa shape index (κ2) is 5.62. The Morgan fingerprint density at radius 1 is 1.38 bits per heavy atom. The van der Waals surface area contributed by atoms with E-state index in [2.05, 4.69) is 21.2 Å². The highest BCUT2D eigenvalue weighted by molar-refractivity contribution is 9.10. The number of rotatable bonds is 4. The minimum Gasteiger partial charge on any atom is -0.478 e. The molecule has 0 heterocycles. The van der Waals surface area contributed by atoms with Crippen molar-refractivity contribution in [2.45, 2.75) is 6.42 Å². The summed E-state index contributed by atoms with van der Waals surface area (Å²) in [6, 6.07) is 4.48. The molecular weight excluding hydrogens is 276 g/mol. The molecule has 86 valence electrons. The van der Waals surface area contributed by atoms with Gasteiger partial charge in [0.05, 0.1) is 5.56 Å². The van der Waals surface area contributed by atoms with Crippen LogP contribution in [-0.2, 0) is 4.79 Å². The molecule has 0 saturated carbocycles. The number of amides is 1. The molecule has 0 saturated heterocycles. The smallest absolute Gasteiger partial charge is 0.335 e. The lowest BCUT2D eigenvalue weighted by Crippen LogP contribution is -2.16. The highest BCUT2D eigenvalue weighted by Gasteiger charge is 2.07. The summed E-state index contributed by atoms with van der Waals surface area (Å²) in [6.07, 6.45) is 0.203. The Morgan fingerprint density at radius 3 is 2.62 bits per heavy atom. The molecule has 0 aromatic heterocycles. The van der Waals surface area contributed by atoms with Crippen LogP contribution in [-0.4, -0.2) is 23.5 Å². The van der Waals surface area contributed by atoms with E-state index in [4.69, 9.17) is 10.8 Å². The summed E-state index contributed by atoms with van der Waals surface area (Å²) in [5, 5.41) is 11.4. The first-order valence-electron chi connectivity index (χ1n) is 4.56. The van der Waals surface area contributed by atoms with E-state index >= 15 is 0 Å². The van der Waals surface area contributed by atoms with Gasteiger partial charge in [-0.15, -0.1) is 0 Å². The maximum atomic E-state index is 11.3. The zero-order valence-corrected chi connectivity index (χ0v) is 9.95. The van der Waals surface area contributed by atoms with Crippen LogP contribution < -0.4 is 11.1 Å². The van der Waals surface area contributed by atoms with E-state index in [0.29, 0.717) is 10.2 Å². The van der Waals surface area contributed by atoms with E-state index in [1.807, 2.05) is 0 Å². The fourth-order valence-electron chi connectivity index (χ4n) is 1.14. The third-order valence-corrected chi connectivity index (χ3v) is 2.26. The Balaban J connectivity index is 2.88. The molecule has 0 aliphatic rings. The Hall–Kier alpha value is -1.40. The van der Waals surface area contributed by atoms with Crippen LogP contribution in [0.25, 0.3) is 0 Å². The molecule has 0 aliphatic heterocycles. The normalized spacial score (nSPS) is 9.88. The van der Waals surface area contributed by atoms with Gasteiger partial charge in [-0.25, -0.2) is 4.79 Å². The van der Waals surface area contributed by atoms with Crippen molar-refractivity contribution < 1.29 is 14.7 Å².